The SMILES string of the molecule is CCOc1cc(C(C[S+](C)[O-])N2C(=O)c3cccc(NC(C)=O)c3C2=O)ccc1OC. The third-order valence-electron chi connectivity index (χ3n) is 4.83. The molecule has 2 aromatic rings. The van der Waals surface area contributed by atoms with Gasteiger partial charge < -0.3 is 19.3 Å². The molecule has 164 valence electrons. The van der Waals surface area contributed by atoms with Gasteiger partial charge in [0.1, 0.15) is 11.8 Å². The van der Waals surface area contributed by atoms with Crippen molar-refractivity contribution >= 4 is 34.6 Å². The number of rotatable bonds is 8. The summed E-state index contributed by atoms with van der Waals surface area (Å²) in [6, 6.07) is 9.03. The Morgan fingerprint density at radius 2 is 1.94 bits per heavy atom. The van der Waals surface area contributed by atoms with E-state index in [0.29, 0.717) is 23.7 Å². The normalized spacial score (nSPS) is 14.8. The molecule has 31 heavy (non-hydrogen) atoms. The second-order valence-electron chi connectivity index (χ2n) is 6.99. The van der Waals surface area contributed by atoms with Gasteiger partial charge in [-0.3, -0.25) is 19.3 Å². The molecule has 0 fully saturated rings. The maximum atomic E-state index is 13.3. The van der Waals surface area contributed by atoms with E-state index < -0.39 is 29.0 Å². The van der Waals surface area contributed by atoms with Crippen LogP contribution in [0.3, 0.4) is 0 Å². The van der Waals surface area contributed by atoms with Crippen molar-refractivity contribution in [2.24, 2.45) is 0 Å². The van der Waals surface area contributed by atoms with Crippen molar-refractivity contribution in [2.75, 3.05) is 31.0 Å². The number of nitrogens with one attached hydrogen (secondary N) is 1. The molecule has 0 bridgehead atoms. The molecular formula is C22H24N2O6S. The van der Waals surface area contributed by atoms with Gasteiger partial charge in [0, 0.05) is 6.92 Å². The van der Waals surface area contributed by atoms with E-state index in [-0.39, 0.29) is 28.5 Å². The molecule has 2 unspecified atom stereocenters. The average molecular weight is 445 g/mol. The van der Waals surface area contributed by atoms with Gasteiger partial charge in [-0.1, -0.05) is 23.3 Å². The van der Waals surface area contributed by atoms with E-state index in [1.54, 1.807) is 36.4 Å². The van der Waals surface area contributed by atoms with Crippen molar-refractivity contribution in [3.63, 3.8) is 0 Å². The van der Waals surface area contributed by atoms with Gasteiger partial charge >= 0.3 is 0 Å². The first kappa shape index (κ1) is 22.6. The Labute approximate surface area is 183 Å². The second kappa shape index (κ2) is 9.40. The van der Waals surface area contributed by atoms with E-state index in [9.17, 15) is 18.9 Å². The zero-order valence-corrected chi connectivity index (χ0v) is 18.6. The molecule has 1 N–H and O–H groups in total. The highest BCUT2D eigenvalue weighted by atomic mass is 32.2. The first-order chi connectivity index (χ1) is 14.8. The van der Waals surface area contributed by atoms with Crippen LogP contribution in [0, 0.1) is 0 Å². The molecule has 9 heteroatoms. The lowest BCUT2D eigenvalue weighted by molar-refractivity contribution is -0.114. The summed E-state index contributed by atoms with van der Waals surface area (Å²) in [5.74, 6) is -0.374. The fourth-order valence-corrected chi connectivity index (χ4v) is 4.38. The molecule has 0 saturated heterocycles. The van der Waals surface area contributed by atoms with Crippen molar-refractivity contribution in [1.82, 2.24) is 4.90 Å². The third-order valence-corrected chi connectivity index (χ3v) is 5.62. The standard InChI is InChI=1S/C22H24N2O6S/c1-5-30-19-11-14(9-10-18(19)29-3)17(12-31(4)28)24-21(26)15-7-6-8-16(23-13(2)25)20(15)22(24)27/h6-11,17H,5,12H2,1-4H3,(H,23,25). The number of hydrogen-bond donors (Lipinski definition) is 1. The minimum atomic E-state index is -1.31. The van der Waals surface area contributed by atoms with E-state index in [0.717, 1.165) is 4.90 Å². The molecule has 2 atom stereocenters. The number of nitrogens with zero attached hydrogens (tertiary/aromatic N) is 1. The molecule has 0 spiro atoms. The van der Waals surface area contributed by atoms with Crippen LogP contribution in [-0.4, -0.2) is 52.9 Å². The number of benzene rings is 2. The van der Waals surface area contributed by atoms with Crippen molar-refractivity contribution in [2.45, 2.75) is 19.9 Å². The fraction of sp³-hybridized carbons (Fsp3) is 0.318. The molecule has 1 aliphatic heterocycles. The quantitative estimate of drug-likeness (QED) is 0.495. The summed E-state index contributed by atoms with van der Waals surface area (Å²) in [6.07, 6.45) is 1.51. The molecule has 1 aliphatic rings. The van der Waals surface area contributed by atoms with Crippen molar-refractivity contribution < 1.29 is 28.4 Å². The van der Waals surface area contributed by atoms with E-state index in [1.807, 2.05) is 6.92 Å². The minimum Gasteiger partial charge on any atom is -0.616 e. The zero-order valence-electron chi connectivity index (χ0n) is 17.8. The summed E-state index contributed by atoms with van der Waals surface area (Å²) in [4.78, 5) is 39.2. The molecule has 1 heterocycles. The Morgan fingerprint density at radius 1 is 1.19 bits per heavy atom. The maximum absolute atomic E-state index is 13.3. The predicted molar refractivity (Wildman–Crippen MR) is 117 cm³/mol. The zero-order chi connectivity index (χ0) is 22.7. The summed E-state index contributed by atoms with van der Waals surface area (Å²) in [7, 11) is 1.52. The van der Waals surface area contributed by atoms with Crippen molar-refractivity contribution in [1.29, 1.82) is 0 Å². The van der Waals surface area contributed by atoms with Gasteiger partial charge in [-0.25, -0.2) is 0 Å². The van der Waals surface area contributed by atoms with Crippen molar-refractivity contribution in [3.8, 4) is 11.5 Å². The Bertz CT molecular complexity index is 1020. The van der Waals surface area contributed by atoms with Crippen LogP contribution in [0.1, 0.15) is 46.2 Å². The van der Waals surface area contributed by atoms with Crippen LogP contribution >= 0.6 is 0 Å². The summed E-state index contributed by atoms with van der Waals surface area (Å²) in [6.45, 7) is 3.56. The molecule has 3 rings (SSSR count). The van der Waals surface area contributed by atoms with Gasteiger partial charge in [0.15, 0.2) is 11.5 Å². The Kier molecular flexibility index (Phi) is 6.87. The number of carbonyl (C=O) groups is 3. The van der Waals surface area contributed by atoms with E-state index >= 15 is 0 Å². The predicted octanol–water partition coefficient (Wildman–Crippen LogP) is 2.77. The van der Waals surface area contributed by atoms with Gasteiger partial charge in [0.05, 0.1) is 36.8 Å². The van der Waals surface area contributed by atoms with Gasteiger partial charge in [-0.2, -0.15) is 0 Å². The van der Waals surface area contributed by atoms with Crippen LogP contribution in [0.2, 0.25) is 0 Å². The smallest absolute Gasteiger partial charge is 0.264 e. The third kappa shape index (κ3) is 4.52. The lowest BCUT2D eigenvalue weighted by atomic mass is 10.1. The summed E-state index contributed by atoms with van der Waals surface area (Å²) in [5.41, 5.74) is 1.19. The molecule has 0 aliphatic carbocycles. The van der Waals surface area contributed by atoms with Crippen LogP contribution in [0.4, 0.5) is 5.69 Å². The van der Waals surface area contributed by atoms with Crippen LogP contribution in [-0.2, 0) is 16.0 Å². The lowest BCUT2D eigenvalue weighted by Crippen LogP contribution is -2.37. The lowest BCUT2D eigenvalue weighted by Gasteiger charge is -2.27. The number of methoxy groups -OCH3 is 1. The number of anilines is 1. The van der Waals surface area contributed by atoms with E-state index in [4.69, 9.17) is 9.47 Å². The van der Waals surface area contributed by atoms with Crippen LogP contribution in [0.5, 0.6) is 11.5 Å². The molecule has 0 aromatic heterocycles. The summed E-state index contributed by atoms with van der Waals surface area (Å²) in [5, 5.41) is 2.60. The highest BCUT2D eigenvalue weighted by Crippen LogP contribution is 2.38. The number of imide groups is 1. The number of ether oxygens (including phenoxy) is 2. The van der Waals surface area contributed by atoms with Crippen molar-refractivity contribution in [3.05, 3.63) is 53.1 Å². The number of amides is 3. The maximum Gasteiger partial charge on any atom is 0.264 e. The van der Waals surface area contributed by atoms with Gasteiger partial charge in [-0.05, 0) is 36.8 Å². The minimum absolute atomic E-state index is 0.0544. The monoisotopic (exact) mass is 444 g/mol. The molecule has 8 nitrogen and oxygen atoms in total. The first-order valence-electron chi connectivity index (χ1n) is 9.67. The van der Waals surface area contributed by atoms with Gasteiger partial charge in [-0.15, -0.1) is 0 Å². The molecule has 0 radical (unpaired) electrons. The Balaban J connectivity index is 2.08. The Morgan fingerprint density at radius 3 is 2.55 bits per heavy atom. The highest BCUT2D eigenvalue weighted by Gasteiger charge is 2.43. The number of hydrogen-bond acceptors (Lipinski definition) is 6. The van der Waals surface area contributed by atoms with Gasteiger partial charge in [0.25, 0.3) is 11.8 Å². The first-order valence-corrected chi connectivity index (χ1v) is 11.4. The van der Waals surface area contributed by atoms with Crippen LogP contribution in [0.25, 0.3) is 0 Å². The topological polar surface area (TPSA) is 108 Å². The Hall–Kier alpha value is -3.04. The van der Waals surface area contributed by atoms with E-state index in [1.165, 1.54) is 20.3 Å². The second-order valence-corrected chi connectivity index (χ2v) is 8.47. The molecular weight excluding hydrogens is 420 g/mol. The van der Waals surface area contributed by atoms with Crippen LogP contribution in [0.15, 0.2) is 36.4 Å². The number of fused-ring (bicyclic) bond motifs is 1. The van der Waals surface area contributed by atoms with Crippen LogP contribution < -0.4 is 14.8 Å². The highest BCUT2D eigenvalue weighted by molar-refractivity contribution is 7.90. The van der Waals surface area contributed by atoms with E-state index in [2.05, 4.69) is 5.32 Å². The molecule has 3 amide bonds. The largest absolute Gasteiger partial charge is 0.616 e. The number of carbonyl (C=O) groups excluding carboxylic acids is 3. The average Bonchev–Trinajstić information content (AvgIpc) is 2.97. The summed E-state index contributed by atoms with van der Waals surface area (Å²) >= 11 is -1.31. The summed E-state index contributed by atoms with van der Waals surface area (Å²) < 4.78 is 23.1. The van der Waals surface area contributed by atoms with Gasteiger partial charge in [0.2, 0.25) is 5.91 Å². The molecule has 2 aromatic carbocycles. The fourth-order valence-electron chi connectivity index (χ4n) is 3.59. The molecule has 0 saturated carbocycles.